The molecule has 3 aromatic rings. The van der Waals surface area contributed by atoms with Crippen molar-refractivity contribution in [3.8, 4) is 17.2 Å². The molecule has 2 heterocycles. The van der Waals surface area contributed by atoms with Crippen molar-refractivity contribution in [3.63, 3.8) is 0 Å². The van der Waals surface area contributed by atoms with Crippen LogP contribution < -0.4 is 10.1 Å². The molecule has 38 heavy (non-hydrogen) atoms. The molecule has 1 N–H and O–H groups in total. The molecule has 1 aliphatic rings. The van der Waals surface area contributed by atoms with Gasteiger partial charge in [-0.05, 0) is 79.7 Å². The van der Waals surface area contributed by atoms with Crippen molar-refractivity contribution in [1.82, 2.24) is 9.88 Å². The first-order valence-electron chi connectivity index (χ1n) is 11.0. The van der Waals surface area contributed by atoms with Gasteiger partial charge in [-0.2, -0.15) is 18.2 Å². The summed E-state index contributed by atoms with van der Waals surface area (Å²) in [6, 6.07) is 10.4. The van der Waals surface area contributed by atoms with Crippen LogP contribution in [0, 0.1) is 24.0 Å². The highest BCUT2D eigenvalue weighted by atomic mass is 32.2. The number of nitrogens with zero attached hydrogens (tertiary/aromatic N) is 3. The number of nitrogens with one attached hydrogen (secondary N) is 1. The molecule has 2 aromatic carbocycles. The fraction of sp³-hybridized carbons (Fsp3) is 0.160. The molecule has 0 saturated carbocycles. The van der Waals surface area contributed by atoms with Gasteiger partial charge in [0.25, 0.3) is 5.91 Å². The number of benzene rings is 2. The fourth-order valence-corrected chi connectivity index (χ4v) is 4.65. The average Bonchev–Trinajstić information content (AvgIpc) is 3.30. The van der Waals surface area contributed by atoms with E-state index in [9.17, 15) is 32.9 Å². The van der Waals surface area contributed by atoms with Gasteiger partial charge in [-0.1, -0.05) is 0 Å². The molecular formula is C25H19F3N4O5S. The zero-order chi connectivity index (χ0) is 27.8. The number of carbonyl (C=O) groups excluding carboxylic acids is 2. The molecule has 9 nitrogen and oxygen atoms in total. The van der Waals surface area contributed by atoms with Crippen molar-refractivity contribution < 1.29 is 32.4 Å². The Morgan fingerprint density at radius 3 is 2.45 bits per heavy atom. The van der Waals surface area contributed by atoms with Gasteiger partial charge in [0, 0.05) is 30.1 Å². The van der Waals surface area contributed by atoms with Crippen molar-refractivity contribution in [1.29, 1.82) is 0 Å². The molecule has 0 aliphatic carbocycles. The molecule has 1 aromatic heterocycles. The van der Waals surface area contributed by atoms with E-state index in [0.29, 0.717) is 11.0 Å². The van der Waals surface area contributed by atoms with Crippen LogP contribution in [0.3, 0.4) is 0 Å². The van der Waals surface area contributed by atoms with Crippen molar-refractivity contribution >= 4 is 40.5 Å². The van der Waals surface area contributed by atoms with Gasteiger partial charge < -0.3 is 14.6 Å². The number of hydrogen-bond acceptors (Lipinski definition) is 6. The summed E-state index contributed by atoms with van der Waals surface area (Å²) in [6.45, 7) is 5.05. The van der Waals surface area contributed by atoms with Gasteiger partial charge in [-0.25, -0.2) is 0 Å². The number of aromatic nitrogens is 1. The first-order valence-corrected chi connectivity index (χ1v) is 11.8. The zero-order valence-electron chi connectivity index (χ0n) is 20.1. The van der Waals surface area contributed by atoms with E-state index in [0.717, 1.165) is 46.5 Å². The Labute approximate surface area is 218 Å². The standard InChI is InChI=1S/C25H19F3N4O5S/c1-13-10-16(11-22-23(34)30-24(38-22)29-15(3)33)14(2)31(13)18-5-7-19(8-6-18)37-21-9-4-17(25(26,27)28)12-20(21)32(35)36/h4-12H,1-3H3,(H,29,30,33,34)/b22-11-. The molecule has 1 aliphatic heterocycles. The maximum Gasteiger partial charge on any atom is 0.416 e. The van der Waals surface area contributed by atoms with E-state index >= 15 is 0 Å². The predicted octanol–water partition coefficient (Wildman–Crippen LogP) is 5.92. The molecule has 2 amide bonds. The second-order valence-electron chi connectivity index (χ2n) is 8.21. The number of aryl methyl sites for hydroxylation is 1. The van der Waals surface area contributed by atoms with Crippen molar-refractivity contribution in [2.75, 3.05) is 0 Å². The minimum absolute atomic E-state index is 0.192. The quantitative estimate of drug-likeness (QED) is 0.242. The number of amides is 2. The molecule has 4 rings (SSSR count). The van der Waals surface area contributed by atoms with Crippen LogP contribution in [-0.4, -0.2) is 26.5 Å². The number of hydrogen-bond donors (Lipinski definition) is 1. The number of amidine groups is 1. The van der Waals surface area contributed by atoms with Gasteiger partial charge in [0.2, 0.25) is 11.7 Å². The highest BCUT2D eigenvalue weighted by molar-refractivity contribution is 8.18. The van der Waals surface area contributed by atoms with Gasteiger partial charge in [-0.3, -0.25) is 19.7 Å². The molecule has 13 heteroatoms. The van der Waals surface area contributed by atoms with Gasteiger partial charge in [-0.15, -0.1) is 0 Å². The van der Waals surface area contributed by atoms with Gasteiger partial charge >= 0.3 is 11.9 Å². The predicted molar refractivity (Wildman–Crippen MR) is 135 cm³/mol. The maximum absolute atomic E-state index is 12.9. The normalized spacial score (nSPS) is 14.5. The van der Waals surface area contributed by atoms with E-state index in [1.165, 1.54) is 19.1 Å². The summed E-state index contributed by atoms with van der Waals surface area (Å²) in [5, 5.41) is 14.0. The minimum Gasteiger partial charge on any atom is -0.450 e. The number of aliphatic imine (C=N–C) groups is 1. The van der Waals surface area contributed by atoms with Crippen LogP contribution in [0.2, 0.25) is 0 Å². The average molecular weight is 545 g/mol. The number of halogens is 3. The minimum atomic E-state index is -4.73. The first kappa shape index (κ1) is 26.7. The number of alkyl halides is 3. The largest absolute Gasteiger partial charge is 0.450 e. The van der Waals surface area contributed by atoms with E-state index in [-0.39, 0.29) is 22.6 Å². The Balaban J connectivity index is 1.57. The van der Waals surface area contributed by atoms with Crippen LogP contribution in [-0.2, 0) is 15.8 Å². The Morgan fingerprint density at radius 1 is 1.16 bits per heavy atom. The Kier molecular flexibility index (Phi) is 7.14. The Hall–Kier alpha value is -4.39. The monoisotopic (exact) mass is 544 g/mol. The third-order valence-corrected chi connectivity index (χ3v) is 6.37. The van der Waals surface area contributed by atoms with E-state index in [1.54, 1.807) is 18.2 Å². The molecule has 0 radical (unpaired) electrons. The van der Waals surface area contributed by atoms with Crippen molar-refractivity contribution in [2.24, 2.45) is 4.99 Å². The van der Waals surface area contributed by atoms with Crippen LogP contribution in [0.5, 0.6) is 11.5 Å². The Bertz CT molecular complexity index is 1520. The van der Waals surface area contributed by atoms with Crippen molar-refractivity contribution in [3.05, 3.63) is 86.1 Å². The summed E-state index contributed by atoms with van der Waals surface area (Å²) in [5.74, 6) is -0.916. The number of carbonyl (C=O) groups is 2. The smallest absolute Gasteiger partial charge is 0.416 e. The summed E-state index contributed by atoms with van der Waals surface area (Å²) in [6.07, 6.45) is -3.04. The molecule has 0 spiro atoms. The molecule has 0 unspecified atom stereocenters. The fourth-order valence-electron chi connectivity index (χ4n) is 3.80. The lowest BCUT2D eigenvalue weighted by Gasteiger charge is -2.12. The lowest BCUT2D eigenvalue weighted by molar-refractivity contribution is -0.385. The zero-order valence-corrected chi connectivity index (χ0v) is 20.9. The van der Waals surface area contributed by atoms with E-state index in [1.807, 2.05) is 24.5 Å². The Morgan fingerprint density at radius 2 is 1.84 bits per heavy atom. The van der Waals surface area contributed by atoms with Crippen LogP contribution in [0.1, 0.15) is 29.4 Å². The lowest BCUT2D eigenvalue weighted by Crippen LogP contribution is -2.23. The molecule has 196 valence electrons. The first-order chi connectivity index (χ1) is 17.8. The van der Waals surface area contributed by atoms with E-state index in [2.05, 4.69) is 10.3 Å². The molecule has 0 saturated heterocycles. The van der Waals surface area contributed by atoms with Crippen LogP contribution in [0.25, 0.3) is 11.8 Å². The maximum atomic E-state index is 12.9. The van der Waals surface area contributed by atoms with Gasteiger partial charge in [0.1, 0.15) is 5.75 Å². The summed E-state index contributed by atoms with van der Waals surface area (Å²) in [7, 11) is 0. The van der Waals surface area contributed by atoms with Crippen LogP contribution in [0.4, 0.5) is 18.9 Å². The van der Waals surface area contributed by atoms with Crippen LogP contribution in [0.15, 0.2) is 58.4 Å². The number of nitro groups is 1. The number of nitro benzene ring substituents is 1. The lowest BCUT2D eigenvalue weighted by atomic mass is 10.2. The molecule has 0 atom stereocenters. The second-order valence-corrected chi connectivity index (χ2v) is 9.24. The summed E-state index contributed by atoms with van der Waals surface area (Å²) >= 11 is 1.06. The molecule has 0 bridgehead atoms. The number of rotatable bonds is 5. The highest BCUT2D eigenvalue weighted by Crippen LogP contribution is 2.38. The topological polar surface area (TPSA) is 116 Å². The van der Waals surface area contributed by atoms with Crippen molar-refractivity contribution in [2.45, 2.75) is 26.9 Å². The highest BCUT2D eigenvalue weighted by Gasteiger charge is 2.33. The third kappa shape index (κ3) is 5.62. The SMILES string of the molecule is CC(=O)NC1=NC(=O)/C(=C/c2cc(C)n(-c3ccc(Oc4ccc(C(F)(F)F)cc4[N+](=O)[O-])cc3)c2C)S1. The number of ether oxygens (including phenoxy) is 1. The second kappa shape index (κ2) is 10.2. The van der Waals surface area contributed by atoms with E-state index in [4.69, 9.17) is 4.74 Å². The van der Waals surface area contributed by atoms with Crippen LogP contribution >= 0.6 is 11.8 Å². The summed E-state index contributed by atoms with van der Waals surface area (Å²) < 4.78 is 46.3. The van der Waals surface area contributed by atoms with E-state index < -0.39 is 28.3 Å². The molecular weight excluding hydrogens is 525 g/mol. The van der Waals surface area contributed by atoms with Gasteiger partial charge in [0.15, 0.2) is 5.17 Å². The molecule has 0 fully saturated rings. The number of thioether (sulfide) groups is 1. The van der Waals surface area contributed by atoms with Gasteiger partial charge in [0.05, 0.1) is 15.4 Å². The summed E-state index contributed by atoms with van der Waals surface area (Å²) in [5.41, 5.74) is 1.19. The summed E-state index contributed by atoms with van der Waals surface area (Å²) in [4.78, 5) is 38.0. The third-order valence-electron chi connectivity index (χ3n) is 5.47.